The zero-order chi connectivity index (χ0) is 10.4. The maximum atomic E-state index is 5.76. The number of aryl methyl sites for hydroxylation is 2. The Bertz CT molecular complexity index is 508. The summed E-state index contributed by atoms with van der Waals surface area (Å²) < 4.78 is 5.76. The lowest BCUT2D eigenvalue weighted by Gasteiger charge is -2.03. The number of benzene rings is 1. The fourth-order valence-corrected chi connectivity index (χ4v) is 1.90. The molecule has 1 aromatic heterocycles. The monoisotopic (exact) mass is 201 g/mol. The molecule has 1 aromatic carbocycles. The third kappa shape index (κ3) is 1.50. The summed E-state index contributed by atoms with van der Waals surface area (Å²) in [5.41, 5.74) is 3.76. The molecule has 1 fully saturated rings. The number of fused-ring (bicyclic) bond motifs is 1. The minimum atomic E-state index is 0.472. The van der Waals surface area contributed by atoms with Crippen molar-refractivity contribution in [2.75, 3.05) is 0 Å². The van der Waals surface area contributed by atoms with Crippen molar-refractivity contribution in [3.05, 3.63) is 29.5 Å². The van der Waals surface area contributed by atoms with Crippen molar-refractivity contribution in [2.24, 2.45) is 0 Å². The van der Waals surface area contributed by atoms with Crippen molar-refractivity contribution in [1.29, 1.82) is 0 Å². The number of hydrogen-bond donors (Lipinski definition) is 1. The second kappa shape index (κ2) is 3.02. The van der Waals surface area contributed by atoms with Gasteiger partial charge in [-0.15, -0.1) is 0 Å². The third-order valence-electron chi connectivity index (χ3n) is 3.11. The van der Waals surface area contributed by atoms with Gasteiger partial charge in [-0.2, -0.15) is 0 Å². The Balaban J connectivity index is 2.05. The first-order valence-electron chi connectivity index (χ1n) is 5.49. The highest BCUT2D eigenvalue weighted by Crippen LogP contribution is 2.30. The molecule has 0 bridgehead atoms. The molecule has 1 saturated carbocycles. The average molecular weight is 201 g/mol. The third-order valence-corrected chi connectivity index (χ3v) is 3.11. The van der Waals surface area contributed by atoms with Gasteiger partial charge in [0.2, 0.25) is 0 Å². The number of ether oxygens (including phenoxy) is 1. The topological polar surface area (TPSA) is 25.0 Å². The number of H-pyrrole nitrogens is 1. The summed E-state index contributed by atoms with van der Waals surface area (Å²) in [4.78, 5) is 3.38. The molecule has 1 heterocycles. The van der Waals surface area contributed by atoms with E-state index in [1.165, 1.54) is 35.0 Å². The van der Waals surface area contributed by atoms with Gasteiger partial charge in [-0.25, -0.2) is 0 Å². The first kappa shape index (κ1) is 8.84. The van der Waals surface area contributed by atoms with Gasteiger partial charge < -0.3 is 9.72 Å². The van der Waals surface area contributed by atoms with E-state index in [1.807, 2.05) is 0 Å². The molecule has 1 N–H and O–H groups in total. The molecule has 15 heavy (non-hydrogen) atoms. The van der Waals surface area contributed by atoms with E-state index in [0.717, 1.165) is 5.75 Å². The SMILES string of the molecule is Cc1[nH]c2cc(OC3CC3)ccc2c1C. The Labute approximate surface area is 89.3 Å². The first-order valence-corrected chi connectivity index (χ1v) is 5.49. The molecule has 2 aromatic rings. The number of rotatable bonds is 2. The molecule has 1 aliphatic rings. The van der Waals surface area contributed by atoms with Gasteiger partial charge in [-0.3, -0.25) is 0 Å². The van der Waals surface area contributed by atoms with Crippen molar-refractivity contribution in [1.82, 2.24) is 4.98 Å². The van der Waals surface area contributed by atoms with Gasteiger partial charge in [0.05, 0.1) is 6.10 Å². The summed E-state index contributed by atoms with van der Waals surface area (Å²) in [5, 5.41) is 1.30. The van der Waals surface area contributed by atoms with E-state index < -0.39 is 0 Å². The van der Waals surface area contributed by atoms with E-state index in [-0.39, 0.29) is 0 Å². The lowest BCUT2D eigenvalue weighted by atomic mass is 10.1. The minimum absolute atomic E-state index is 0.472. The minimum Gasteiger partial charge on any atom is -0.490 e. The maximum Gasteiger partial charge on any atom is 0.121 e. The molecular weight excluding hydrogens is 186 g/mol. The van der Waals surface area contributed by atoms with E-state index >= 15 is 0 Å². The summed E-state index contributed by atoms with van der Waals surface area (Å²) in [6.07, 6.45) is 2.89. The summed E-state index contributed by atoms with van der Waals surface area (Å²) in [7, 11) is 0. The average Bonchev–Trinajstić information content (AvgIpc) is 2.96. The van der Waals surface area contributed by atoms with E-state index in [9.17, 15) is 0 Å². The van der Waals surface area contributed by atoms with Crippen molar-refractivity contribution >= 4 is 10.9 Å². The van der Waals surface area contributed by atoms with Crippen LogP contribution in [0.4, 0.5) is 0 Å². The highest BCUT2D eigenvalue weighted by atomic mass is 16.5. The van der Waals surface area contributed by atoms with Crippen LogP contribution in [-0.2, 0) is 0 Å². The van der Waals surface area contributed by atoms with E-state index in [2.05, 4.69) is 37.0 Å². The lowest BCUT2D eigenvalue weighted by molar-refractivity contribution is 0.303. The van der Waals surface area contributed by atoms with Crippen molar-refractivity contribution in [3.8, 4) is 5.75 Å². The zero-order valence-electron chi connectivity index (χ0n) is 9.13. The molecule has 78 valence electrons. The summed E-state index contributed by atoms with van der Waals surface area (Å²) >= 11 is 0. The van der Waals surface area contributed by atoms with E-state index in [0.29, 0.717) is 6.10 Å². The smallest absolute Gasteiger partial charge is 0.121 e. The van der Waals surface area contributed by atoms with Crippen LogP contribution in [0.2, 0.25) is 0 Å². The molecular formula is C13H15NO. The van der Waals surface area contributed by atoms with Crippen LogP contribution in [0.15, 0.2) is 18.2 Å². The molecule has 1 aliphatic carbocycles. The number of nitrogens with one attached hydrogen (secondary N) is 1. The fourth-order valence-electron chi connectivity index (χ4n) is 1.90. The molecule has 0 unspecified atom stereocenters. The van der Waals surface area contributed by atoms with Gasteiger partial charge in [0.15, 0.2) is 0 Å². The predicted octanol–water partition coefficient (Wildman–Crippen LogP) is 3.33. The highest BCUT2D eigenvalue weighted by molar-refractivity contribution is 5.85. The number of aromatic amines is 1. The number of aromatic nitrogens is 1. The van der Waals surface area contributed by atoms with Crippen molar-refractivity contribution < 1.29 is 4.74 Å². The van der Waals surface area contributed by atoms with Crippen LogP contribution < -0.4 is 4.74 Å². The predicted molar refractivity (Wildman–Crippen MR) is 61.4 cm³/mol. The van der Waals surface area contributed by atoms with Gasteiger partial charge >= 0.3 is 0 Å². The summed E-state index contributed by atoms with van der Waals surface area (Å²) in [5.74, 6) is 0.992. The van der Waals surface area contributed by atoms with Crippen molar-refractivity contribution in [2.45, 2.75) is 32.8 Å². The second-order valence-corrected chi connectivity index (χ2v) is 4.40. The van der Waals surface area contributed by atoms with Crippen LogP contribution in [0.5, 0.6) is 5.75 Å². The quantitative estimate of drug-likeness (QED) is 0.792. The molecule has 3 rings (SSSR count). The van der Waals surface area contributed by atoms with E-state index in [4.69, 9.17) is 4.74 Å². The molecule has 0 spiro atoms. The summed E-state index contributed by atoms with van der Waals surface area (Å²) in [6.45, 7) is 4.26. The Kier molecular flexibility index (Phi) is 1.78. The summed E-state index contributed by atoms with van der Waals surface area (Å²) in [6, 6.07) is 6.32. The largest absolute Gasteiger partial charge is 0.490 e. The van der Waals surface area contributed by atoms with Gasteiger partial charge in [-0.1, -0.05) is 0 Å². The Morgan fingerprint density at radius 1 is 1.27 bits per heavy atom. The first-order chi connectivity index (χ1) is 7.24. The van der Waals surface area contributed by atoms with Gasteiger partial charge in [0.1, 0.15) is 5.75 Å². The Morgan fingerprint density at radius 3 is 2.80 bits per heavy atom. The maximum absolute atomic E-state index is 5.76. The van der Waals surface area contributed by atoms with Gasteiger partial charge in [0, 0.05) is 22.7 Å². The molecule has 0 aliphatic heterocycles. The Morgan fingerprint density at radius 2 is 2.07 bits per heavy atom. The van der Waals surface area contributed by atoms with Gasteiger partial charge in [-0.05, 0) is 44.4 Å². The molecule has 0 radical (unpaired) electrons. The molecule has 2 heteroatoms. The number of hydrogen-bond acceptors (Lipinski definition) is 1. The van der Waals surface area contributed by atoms with Gasteiger partial charge in [0.25, 0.3) is 0 Å². The van der Waals surface area contributed by atoms with Crippen molar-refractivity contribution in [3.63, 3.8) is 0 Å². The Hall–Kier alpha value is -1.44. The van der Waals surface area contributed by atoms with Crippen LogP contribution in [0.3, 0.4) is 0 Å². The van der Waals surface area contributed by atoms with E-state index in [1.54, 1.807) is 0 Å². The van der Waals surface area contributed by atoms with Crippen LogP contribution in [-0.4, -0.2) is 11.1 Å². The lowest BCUT2D eigenvalue weighted by Crippen LogP contribution is -1.94. The zero-order valence-corrected chi connectivity index (χ0v) is 9.13. The standard InChI is InChI=1S/C13H15NO/c1-8-9(2)14-13-7-11(5-6-12(8)13)15-10-3-4-10/h5-7,10,14H,3-4H2,1-2H3. The fraction of sp³-hybridized carbons (Fsp3) is 0.385. The second-order valence-electron chi connectivity index (χ2n) is 4.40. The molecule has 0 amide bonds. The molecule has 0 saturated heterocycles. The van der Waals surface area contributed by atoms with Crippen LogP contribution in [0.1, 0.15) is 24.1 Å². The molecule has 2 nitrogen and oxygen atoms in total. The normalized spacial score (nSPS) is 15.9. The van der Waals surface area contributed by atoms with Crippen LogP contribution >= 0.6 is 0 Å². The van der Waals surface area contributed by atoms with Crippen LogP contribution in [0.25, 0.3) is 10.9 Å². The highest BCUT2D eigenvalue weighted by Gasteiger charge is 2.23. The molecule has 0 atom stereocenters. The van der Waals surface area contributed by atoms with Crippen LogP contribution in [0, 0.1) is 13.8 Å².